The lowest BCUT2D eigenvalue weighted by Crippen LogP contribution is -2.33. The second-order valence-electron chi connectivity index (χ2n) is 5.58. The highest BCUT2D eigenvalue weighted by molar-refractivity contribution is 7.92. The Bertz CT molecular complexity index is 857. The summed E-state index contributed by atoms with van der Waals surface area (Å²) < 4.78 is 27.6. The second-order valence-corrected chi connectivity index (χ2v) is 7.26. The van der Waals surface area contributed by atoms with E-state index in [0.29, 0.717) is 23.6 Å². The Balaban J connectivity index is 1.99. The fraction of sp³-hybridized carbons (Fsp3) is 0.333. The molecule has 0 saturated heterocycles. The van der Waals surface area contributed by atoms with Gasteiger partial charge in [0, 0.05) is 19.2 Å². The summed E-state index contributed by atoms with van der Waals surface area (Å²) in [5, 5.41) is 6.48. The molecule has 0 bridgehead atoms. The third kappa shape index (κ3) is 2.94. The number of benzene rings is 1. The number of amides is 1. The Morgan fingerprint density at radius 2 is 2.17 bits per heavy atom. The molecule has 1 aliphatic rings. The van der Waals surface area contributed by atoms with Gasteiger partial charge in [-0.05, 0) is 37.5 Å². The van der Waals surface area contributed by atoms with Gasteiger partial charge >= 0.3 is 0 Å². The summed E-state index contributed by atoms with van der Waals surface area (Å²) in [7, 11) is -3.74. The van der Waals surface area contributed by atoms with E-state index in [2.05, 4.69) is 14.9 Å². The van der Waals surface area contributed by atoms with Crippen LogP contribution in [-0.4, -0.2) is 31.1 Å². The van der Waals surface area contributed by atoms with E-state index in [-0.39, 0.29) is 10.8 Å². The lowest BCUT2D eigenvalue weighted by atomic mass is 10.0. The van der Waals surface area contributed by atoms with E-state index in [0.717, 1.165) is 18.4 Å². The Kier molecular flexibility index (Phi) is 3.85. The third-order valence-corrected chi connectivity index (χ3v) is 5.30. The summed E-state index contributed by atoms with van der Waals surface area (Å²) >= 11 is 0. The van der Waals surface area contributed by atoms with Crippen LogP contribution in [-0.2, 0) is 21.2 Å². The number of carbonyl (C=O) groups is 1. The molecule has 1 amide bonds. The Morgan fingerprint density at radius 1 is 1.39 bits per heavy atom. The maximum Gasteiger partial charge on any atom is 0.262 e. The van der Waals surface area contributed by atoms with Crippen molar-refractivity contribution in [1.82, 2.24) is 10.2 Å². The fourth-order valence-electron chi connectivity index (χ4n) is 2.71. The van der Waals surface area contributed by atoms with Gasteiger partial charge in [-0.3, -0.25) is 14.6 Å². The molecule has 0 aliphatic carbocycles. The minimum atomic E-state index is -3.74. The molecule has 0 spiro atoms. The number of carbonyl (C=O) groups excluding carboxylic acids is 1. The fourth-order valence-corrected chi connectivity index (χ4v) is 3.83. The molecule has 122 valence electrons. The minimum absolute atomic E-state index is 0.0841. The topological polar surface area (TPSA) is 95.2 Å². The predicted octanol–water partition coefficient (Wildman–Crippen LogP) is 1.82. The molecule has 0 fully saturated rings. The molecule has 2 N–H and O–H groups in total. The monoisotopic (exact) mass is 334 g/mol. The number of rotatable bonds is 3. The molecule has 2 aromatic rings. The standard InChI is InChI=1S/C15H18N4O3S/c1-10-14(9-16-17-10)18-23(21,22)13-6-5-12-4-3-7-19(11(2)20)15(12)8-13/h5-6,8-9,18H,3-4,7H2,1-2H3,(H,16,17). The summed E-state index contributed by atoms with van der Waals surface area (Å²) in [6, 6.07) is 4.91. The van der Waals surface area contributed by atoms with Crippen molar-refractivity contribution in [2.45, 2.75) is 31.6 Å². The summed E-state index contributed by atoms with van der Waals surface area (Å²) in [4.78, 5) is 13.5. The number of nitrogens with zero attached hydrogens (tertiary/aromatic N) is 2. The van der Waals surface area contributed by atoms with E-state index in [1.165, 1.54) is 13.1 Å². The molecular weight excluding hydrogens is 316 g/mol. The Morgan fingerprint density at radius 3 is 2.83 bits per heavy atom. The van der Waals surface area contributed by atoms with Crippen LogP contribution in [0, 0.1) is 6.92 Å². The van der Waals surface area contributed by atoms with Crippen LogP contribution < -0.4 is 9.62 Å². The number of hydrogen-bond acceptors (Lipinski definition) is 4. The van der Waals surface area contributed by atoms with Gasteiger partial charge in [0.15, 0.2) is 0 Å². The van der Waals surface area contributed by atoms with Gasteiger partial charge in [0.2, 0.25) is 5.91 Å². The number of sulfonamides is 1. The molecule has 23 heavy (non-hydrogen) atoms. The van der Waals surface area contributed by atoms with Gasteiger partial charge in [0.05, 0.1) is 22.5 Å². The SMILES string of the molecule is CC(=O)N1CCCc2ccc(S(=O)(=O)Nc3cn[nH]c3C)cc21. The second kappa shape index (κ2) is 5.69. The molecular formula is C15H18N4O3S. The van der Waals surface area contributed by atoms with Crippen LogP contribution in [0.1, 0.15) is 24.6 Å². The third-order valence-electron chi connectivity index (χ3n) is 3.94. The maximum atomic E-state index is 12.6. The highest BCUT2D eigenvalue weighted by atomic mass is 32.2. The Labute approximate surface area is 134 Å². The quantitative estimate of drug-likeness (QED) is 0.895. The van der Waals surface area contributed by atoms with Gasteiger partial charge in [-0.2, -0.15) is 5.10 Å². The van der Waals surface area contributed by atoms with Gasteiger partial charge in [-0.25, -0.2) is 8.42 Å². The van der Waals surface area contributed by atoms with Crippen molar-refractivity contribution in [2.24, 2.45) is 0 Å². The van der Waals surface area contributed by atoms with Crippen LogP contribution in [0.15, 0.2) is 29.3 Å². The number of fused-ring (bicyclic) bond motifs is 1. The minimum Gasteiger partial charge on any atom is -0.312 e. The van der Waals surface area contributed by atoms with Crippen LogP contribution in [0.4, 0.5) is 11.4 Å². The molecule has 0 radical (unpaired) electrons. The number of H-pyrrole nitrogens is 1. The van der Waals surface area contributed by atoms with E-state index in [1.807, 2.05) is 0 Å². The van der Waals surface area contributed by atoms with Crippen LogP contribution in [0.5, 0.6) is 0 Å². The number of anilines is 2. The van der Waals surface area contributed by atoms with Gasteiger partial charge in [-0.1, -0.05) is 6.07 Å². The van der Waals surface area contributed by atoms with Crippen LogP contribution in [0.3, 0.4) is 0 Å². The highest BCUT2D eigenvalue weighted by Crippen LogP contribution is 2.30. The first-order valence-corrected chi connectivity index (χ1v) is 8.80. The van der Waals surface area contributed by atoms with Gasteiger partial charge in [-0.15, -0.1) is 0 Å². The zero-order valence-electron chi connectivity index (χ0n) is 13.0. The predicted molar refractivity (Wildman–Crippen MR) is 86.9 cm³/mol. The molecule has 2 heterocycles. The molecule has 0 atom stereocenters. The lowest BCUT2D eigenvalue weighted by Gasteiger charge is -2.29. The first-order chi connectivity index (χ1) is 10.9. The molecule has 1 aromatic carbocycles. The molecule has 3 rings (SSSR count). The van der Waals surface area contributed by atoms with Crippen LogP contribution >= 0.6 is 0 Å². The summed E-state index contributed by atoms with van der Waals surface area (Å²) in [5.74, 6) is -0.0841. The van der Waals surface area contributed by atoms with Crippen LogP contribution in [0.25, 0.3) is 0 Å². The van der Waals surface area contributed by atoms with Crippen LogP contribution in [0.2, 0.25) is 0 Å². The smallest absolute Gasteiger partial charge is 0.262 e. The lowest BCUT2D eigenvalue weighted by molar-refractivity contribution is -0.116. The number of nitrogens with one attached hydrogen (secondary N) is 2. The van der Waals surface area contributed by atoms with E-state index >= 15 is 0 Å². The van der Waals surface area contributed by atoms with Crippen molar-refractivity contribution in [2.75, 3.05) is 16.2 Å². The normalized spacial score (nSPS) is 14.4. The van der Waals surface area contributed by atoms with Crippen molar-refractivity contribution in [3.05, 3.63) is 35.7 Å². The highest BCUT2D eigenvalue weighted by Gasteiger charge is 2.24. The van der Waals surface area contributed by atoms with Crippen molar-refractivity contribution in [3.63, 3.8) is 0 Å². The number of aromatic amines is 1. The molecule has 7 nitrogen and oxygen atoms in total. The van der Waals surface area contributed by atoms with Crippen molar-refractivity contribution in [1.29, 1.82) is 0 Å². The molecule has 8 heteroatoms. The number of aryl methyl sites for hydroxylation is 2. The van der Waals surface area contributed by atoms with E-state index < -0.39 is 10.0 Å². The molecule has 1 aromatic heterocycles. The Hall–Kier alpha value is -2.35. The first-order valence-electron chi connectivity index (χ1n) is 7.32. The largest absolute Gasteiger partial charge is 0.312 e. The summed E-state index contributed by atoms with van der Waals surface area (Å²) in [6.07, 6.45) is 3.14. The van der Waals surface area contributed by atoms with Gasteiger partial charge in [0.1, 0.15) is 0 Å². The van der Waals surface area contributed by atoms with E-state index in [9.17, 15) is 13.2 Å². The molecule has 0 saturated carbocycles. The number of aromatic nitrogens is 2. The van der Waals surface area contributed by atoms with Crippen molar-refractivity contribution >= 4 is 27.3 Å². The molecule has 1 aliphatic heterocycles. The first kappa shape index (κ1) is 15.5. The van der Waals surface area contributed by atoms with Crippen molar-refractivity contribution < 1.29 is 13.2 Å². The summed E-state index contributed by atoms with van der Waals surface area (Å²) in [6.45, 7) is 3.83. The van der Waals surface area contributed by atoms with Crippen molar-refractivity contribution in [3.8, 4) is 0 Å². The van der Waals surface area contributed by atoms with Gasteiger partial charge < -0.3 is 4.90 Å². The van der Waals surface area contributed by atoms with Gasteiger partial charge in [0.25, 0.3) is 10.0 Å². The van der Waals surface area contributed by atoms with E-state index in [4.69, 9.17) is 0 Å². The summed E-state index contributed by atoms with van der Waals surface area (Å²) in [5.41, 5.74) is 2.71. The maximum absolute atomic E-state index is 12.6. The average Bonchev–Trinajstić information content (AvgIpc) is 2.90. The number of hydrogen-bond donors (Lipinski definition) is 2. The average molecular weight is 334 g/mol. The van der Waals surface area contributed by atoms with E-state index in [1.54, 1.807) is 30.0 Å². The zero-order chi connectivity index (χ0) is 16.6. The zero-order valence-corrected chi connectivity index (χ0v) is 13.8. The molecule has 0 unspecified atom stereocenters.